The van der Waals surface area contributed by atoms with E-state index < -0.39 is 0 Å². The van der Waals surface area contributed by atoms with Crippen molar-refractivity contribution in [3.05, 3.63) is 61.6 Å². The van der Waals surface area contributed by atoms with Gasteiger partial charge in [-0.3, -0.25) is 4.79 Å². The van der Waals surface area contributed by atoms with Crippen LogP contribution in [0.2, 0.25) is 10.0 Å². The largest absolute Gasteiger partial charge is 0.493 e. The molecule has 0 atom stereocenters. The molecule has 2 aromatic rings. The van der Waals surface area contributed by atoms with Crippen molar-refractivity contribution >= 4 is 29.3 Å². The number of unbranched alkanes of at least 4 members (excludes halogenated alkanes) is 2. The van der Waals surface area contributed by atoms with Gasteiger partial charge in [0.05, 0.1) is 13.2 Å². The fraction of sp³-hybridized carbons (Fsp3) is 0.435. The second-order valence-corrected chi connectivity index (χ2v) is 7.64. The molecule has 30 heavy (non-hydrogen) atoms. The van der Waals surface area contributed by atoms with Crippen molar-refractivity contribution < 1.29 is 19.0 Å². The van der Waals surface area contributed by atoms with E-state index in [-0.39, 0.29) is 23.5 Å². The minimum absolute atomic E-state index is 0.166. The highest BCUT2D eigenvalue weighted by atomic mass is 35.5. The van der Waals surface area contributed by atoms with Gasteiger partial charge in [0, 0.05) is 21.7 Å². The number of aliphatic hydroxyl groups is 1. The van der Waals surface area contributed by atoms with Gasteiger partial charge in [0.2, 0.25) is 11.2 Å². The van der Waals surface area contributed by atoms with Crippen molar-refractivity contribution in [3.8, 4) is 11.5 Å². The molecule has 1 heterocycles. The lowest BCUT2D eigenvalue weighted by Gasteiger charge is -2.13. The second kappa shape index (κ2) is 12.7. The van der Waals surface area contributed by atoms with E-state index in [9.17, 15) is 9.90 Å². The number of halogens is 2. The van der Waals surface area contributed by atoms with Crippen LogP contribution in [0, 0.1) is 0 Å². The van der Waals surface area contributed by atoms with Gasteiger partial charge in [0.15, 0.2) is 5.76 Å². The smallest absolute Gasteiger partial charge is 0.227 e. The normalized spacial score (nSPS) is 11.2. The van der Waals surface area contributed by atoms with Crippen LogP contribution in [0.4, 0.5) is 0 Å². The van der Waals surface area contributed by atoms with Crippen LogP contribution in [0.1, 0.15) is 56.6 Å². The Morgan fingerprint density at radius 3 is 2.50 bits per heavy atom. The molecule has 0 fully saturated rings. The van der Waals surface area contributed by atoms with Crippen LogP contribution in [-0.2, 0) is 13.0 Å². The SMILES string of the molecule is CC=Cc1oc(CO)cc(=O)c1OCCCCCOc1cc(Cl)cc(Cl)c1CCC. The third-order valence-electron chi connectivity index (χ3n) is 4.37. The fourth-order valence-corrected chi connectivity index (χ4v) is 3.54. The standard InChI is InChI=1S/C23H28Cl2O5/c1-3-8-18-19(25)12-16(24)13-22(18)28-10-6-5-7-11-29-23-20(27)14-17(15-26)30-21(23)9-4-2/h4,9,12-14,26H,3,5-8,10-11,15H2,1-2H3. The van der Waals surface area contributed by atoms with Gasteiger partial charge in [0.1, 0.15) is 18.1 Å². The number of ether oxygens (including phenoxy) is 2. The molecule has 0 aliphatic rings. The Bertz CT molecular complexity index is 905. The molecule has 1 N–H and O–H groups in total. The van der Waals surface area contributed by atoms with E-state index in [1.165, 1.54) is 6.07 Å². The quantitative estimate of drug-likeness (QED) is 0.395. The van der Waals surface area contributed by atoms with Crippen molar-refractivity contribution in [2.45, 2.75) is 52.6 Å². The summed E-state index contributed by atoms with van der Waals surface area (Å²) in [5.74, 6) is 1.43. The third kappa shape index (κ3) is 7.08. The Hall–Kier alpha value is -1.95. The van der Waals surface area contributed by atoms with Crippen molar-refractivity contribution in [2.24, 2.45) is 0 Å². The van der Waals surface area contributed by atoms with Crippen molar-refractivity contribution in [1.29, 1.82) is 0 Å². The van der Waals surface area contributed by atoms with Crippen LogP contribution in [0.15, 0.2) is 33.5 Å². The highest BCUT2D eigenvalue weighted by Gasteiger charge is 2.12. The first kappa shape index (κ1) is 24.3. The van der Waals surface area contributed by atoms with Crippen LogP contribution >= 0.6 is 23.2 Å². The Morgan fingerprint density at radius 1 is 1.10 bits per heavy atom. The third-order valence-corrected chi connectivity index (χ3v) is 4.92. The summed E-state index contributed by atoms with van der Waals surface area (Å²) in [6, 6.07) is 4.80. The average molecular weight is 455 g/mol. The number of rotatable bonds is 12. The van der Waals surface area contributed by atoms with E-state index in [1.54, 1.807) is 24.3 Å². The van der Waals surface area contributed by atoms with Crippen LogP contribution in [0.3, 0.4) is 0 Å². The van der Waals surface area contributed by atoms with E-state index in [0.29, 0.717) is 29.0 Å². The van der Waals surface area contributed by atoms with Gasteiger partial charge in [-0.1, -0.05) is 42.6 Å². The molecule has 0 radical (unpaired) electrons. The summed E-state index contributed by atoms with van der Waals surface area (Å²) in [4.78, 5) is 12.2. The molecule has 0 saturated carbocycles. The van der Waals surface area contributed by atoms with E-state index in [4.69, 9.17) is 37.1 Å². The zero-order valence-electron chi connectivity index (χ0n) is 17.4. The van der Waals surface area contributed by atoms with Crippen molar-refractivity contribution in [3.63, 3.8) is 0 Å². The zero-order chi connectivity index (χ0) is 21.9. The van der Waals surface area contributed by atoms with Gasteiger partial charge in [-0.25, -0.2) is 0 Å². The predicted octanol–water partition coefficient (Wildman–Crippen LogP) is 6.05. The number of allylic oxidation sites excluding steroid dienone is 1. The molecule has 0 saturated heterocycles. The molecular weight excluding hydrogens is 427 g/mol. The van der Waals surface area contributed by atoms with Gasteiger partial charge >= 0.3 is 0 Å². The molecule has 0 unspecified atom stereocenters. The highest BCUT2D eigenvalue weighted by molar-refractivity contribution is 6.35. The molecule has 2 rings (SSSR count). The first-order valence-corrected chi connectivity index (χ1v) is 10.9. The molecule has 164 valence electrons. The Morgan fingerprint density at radius 2 is 1.83 bits per heavy atom. The van der Waals surface area contributed by atoms with E-state index in [0.717, 1.165) is 43.4 Å². The minimum atomic E-state index is -0.335. The van der Waals surface area contributed by atoms with Crippen LogP contribution < -0.4 is 14.9 Å². The molecule has 5 nitrogen and oxygen atoms in total. The van der Waals surface area contributed by atoms with E-state index >= 15 is 0 Å². The lowest BCUT2D eigenvalue weighted by atomic mass is 10.1. The van der Waals surface area contributed by atoms with Gasteiger partial charge < -0.3 is 19.0 Å². The van der Waals surface area contributed by atoms with Gasteiger partial charge in [-0.2, -0.15) is 0 Å². The monoisotopic (exact) mass is 454 g/mol. The number of aliphatic hydroxyl groups excluding tert-OH is 1. The zero-order valence-corrected chi connectivity index (χ0v) is 18.9. The number of hydrogen-bond donors (Lipinski definition) is 1. The first-order valence-electron chi connectivity index (χ1n) is 10.1. The lowest BCUT2D eigenvalue weighted by Crippen LogP contribution is -2.11. The summed E-state index contributed by atoms with van der Waals surface area (Å²) in [7, 11) is 0. The van der Waals surface area contributed by atoms with E-state index in [2.05, 4.69) is 6.92 Å². The van der Waals surface area contributed by atoms with Crippen molar-refractivity contribution in [2.75, 3.05) is 13.2 Å². The molecule has 1 aromatic heterocycles. The van der Waals surface area contributed by atoms with Crippen LogP contribution in [0.5, 0.6) is 11.5 Å². The predicted molar refractivity (Wildman–Crippen MR) is 121 cm³/mol. The molecule has 0 bridgehead atoms. The average Bonchev–Trinajstić information content (AvgIpc) is 2.71. The maximum absolute atomic E-state index is 12.2. The molecule has 0 aliphatic heterocycles. The molecule has 0 spiro atoms. The molecule has 1 aromatic carbocycles. The fourth-order valence-electron chi connectivity index (χ4n) is 2.97. The number of hydrogen-bond acceptors (Lipinski definition) is 5. The second-order valence-electron chi connectivity index (χ2n) is 6.80. The summed E-state index contributed by atoms with van der Waals surface area (Å²) >= 11 is 12.4. The van der Waals surface area contributed by atoms with Crippen LogP contribution in [0.25, 0.3) is 6.08 Å². The first-order chi connectivity index (χ1) is 14.5. The molecule has 7 heteroatoms. The highest BCUT2D eigenvalue weighted by Crippen LogP contribution is 2.32. The van der Waals surface area contributed by atoms with Gasteiger partial charge in [-0.15, -0.1) is 0 Å². The molecule has 0 amide bonds. The van der Waals surface area contributed by atoms with Crippen molar-refractivity contribution in [1.82, 2.24) is 0 Å². The molecule has 0 aliphatic carbocycles. The Labute approximate surface area is 187 Å². The summed E-state index contributed by atoms with van der Waals surface area (Å²) in [6.45, 7) is 4.50. The maximum atomic E-state index is 12.2. The maximum Gasteiger partial charge on any atom is 0.227 e. The summed E-state index contributed by atoms with van der Waals surface area (Å²) in [5, 5.41) is 10.4. The van der Waals surface area contributed by atoms with Gasteiger partial charge in [-0.05, 0) is 50.8 Å². The van der Waals surface area contributed by atoms with E-state index in [1.807, 2.05) is 6.92 Å². The minimum Gasteiger partial charge on any atom is -0.493 e. The molecular formula is C23H28Cl2O5. The summed E-state index contributed by atoms with van der Waals surface area (Å²) in [6.07, 6.45) is 7.67. The number of benzene rings is 1. The Kier molecular flexibility index (Phi) is 10.3. The summed E-state index contributed by atoms with van der Waals surface area (Å²) < 4.78 is 17.0. The van der Waals surface area contributed by atoms with Gasteiger partial charge in [0.25, 0.3) is 0 Å². The lowest BCUT2D eigenvalue weighted by molar-refractivity contribution is 0.234. The van der Waals surface area contributed by atoms with Crippen LogP contribution in [-0.4, -0.2) is 18.3 Å². The topological polar surface area (TPSA) is 68.9 Å². The summed E-state index contributed by atoms with van der Waals surface area (Å²) in [5.41, 5.74) is 0.685. The Balaban J connectivity index is 1.82.